The Balaban J connectivity index is 1.33. The number of nitrogens with zero attached hydrogens (tertiary/aromatic N) is 2. The van der Waals surface area contributed by atoms with Gasteiger partial charge >= 0.3 is 0 Å². The molecule has 8 heteroatoms. The van der Waals surface area contributed by atoms with Crippen molar-refractivity contribution >= 4 is 29.1 Å². The zero-order chi connectivity index (χ0) is 24.5. The van der Waals surface area contributed by atoms with E-state index in [0.29, 0.717) is 42.0 Å². The Morgan fingerprint density at radius 1 is 1.00 bits per heavy atom. The van der Waals surface area contributed by atoms with Crippen LogP contribution in [0.5, 0.6) is 11.5 Å². The summed E-state index contributed by atoms with van der Waals surface area (Å²) in [6.07, 6.45) is 1.37. The van der Waals surface area contributed by atoms with E-state index in [2.05, 4.69) is 0 Å². The number of imide groups is 1. The quantitative estimate of drug-likeness (QED) is 0.461. The summed E-state index contributed by atoms with van der Waals surface area (Å²) in [5, 5.41) is 2.01. The maximum absolute atomic E-state index is 13.4. The first-order valence-electron chi connectivity index (χ1n) is 11.6. The molecule has 0 saturated heterocycles. The lowest BCUT2D eigenvalue weighted by atomic mass is 9.90. The molecule has 0 aliphatic carbocycles. The van der Waals surface area contributed by atoms with Crippen molar-refractivity contribution in [2.45, 2.75) is 25.3 Å². The molecule has 35 heavy (non-hydrogen) atoms. The first-order valence-corrected chi connectivity index (χ1v) is 12.4. The van der Waals surface area contributed by atoms with E-state index in [1.807, 2.05) is 34.5 Å². The number of hydrogen-bond donors (Lipinski definition) is 0. The highest BCUT2D eigenvalue weighted by Crippen LogP contribution is 2.42. The third kappa shape index (κ3) is 4.08. The van der Waals surface area contributed by atoms with Gasteiger partial charge in [0.05, 0.1) is 31.4 Å². The standard InChI is InChI=1S/C27H26N2O5S/c1-33-21-15-17-11-13-28(25(23-9-6-14-35-23)20(17)16-22(21)34-2)24(30)10-5-12-29-26(31)18-7-3-4-8-19(18)27(29)32/h3-4,6-9,14-16,25H,5,10-13H2,1-2H3. The van der Waals surface area contributed by atoms with Gasteiger partial charge in [-0.3, -0.25) is 19.3 Å². The predicted octanol–water partition coefficient (Wildman–Crippen LogP) is 4.32. The van der Waals surface area contributed by atoms with Crippen molar-refractivity contribution in [3.63, 3.8) is 0 Å². The summed E-state index contributed by atoms with van der Waals surface area (Å²) in [6.45, 7) is 0.800. The van der Waals surface area contributed by atoms with Gasteiger partial charge in [0.2, 0.25) is 5.91 Å². The van der Waals surface area contributed by atoms with Crippen LogP contribution in [0.4, 0.5) is 0 Å². The van der Waals surface area contributed by atoms with Gasteiger partial charge in [0.1, 0.15) is 0 Å². The Morgan fingerprint density at radius 3 is 2.31 bits per heavy atom. The molecule has 3 aromatic rings. The molecule has 0 spiro atoms. The maximum atomic E-state index is 13.4. The number of amides is 3. The average molecular weight is 491 g/mol. The van der Waals surface area contributed by atoms with Gasteiger partial charge in [0.15, 0.2) is 11.5 Å². The lowest BCUT2D eigenvalue weighted by molar-refractivity contribution is -0.133. The van der Waals surface area contributed by atoms with Crippen LogP contribution in [0, 0.1) is 0 Å². The number of thiophene rings is 1. The monoisotopic (exact) mass is 490 g/mol. The fourth-order valence-corrected chi connectivity index (χ4v) is 5.80. The van der Waals surface area contributed by atoms with Gasteiger partial charge in [0.25, 0.3) is 11.8 Å². The van der Waals surface area contributed by atoms with Crippen LogP contribution in [0.15, 0.2) is 53.9 Å². The van der Waals surface area contributed by atoms with E-state index >= 15 is 0 Å². The zero-order valence-electron chi connectivity index (χ0n) is 19.7. The van der Waals surface area contributed by atoms with Crippen LogP contribution >= 0.6 is 11.3 Å². The highest BCUT2D eigenvalue weighted by atomic mass is 32.1. The van der Waals surface area contributed by atoms with Gasteiger partial charge in [-0.2, -0.15) is 0 Å². The van der Waals surface area contributed by atoms with Gasteiger partial charge in [-0.05, 0) is 59.7 Å². The second kappa shape index (κ2) is 9.54. The first kappa shape index (κ1) is 23.1. The van der Waals surface area contributed by atoms with Gasteiger partial charge in [0, 0.05) is 24.4 Å². The molecule has 0 N–H and O–H groups in total. The van der Waals surface area contributed by atoms with Crippen LogP contribution in [0.25, 0.3) is 0 Å². The molecular formula is C27H26N2O5S. The van der Waals surface area contributed by atoms with E-state index in [4.69, 9.17) is 9.47 Å². The Hall–Kier alpha value is -3.65. The summed E-state index contributed by atoms with van der Waals surface area (Å²) in [6, 6.07) is 14.6. The number of hydrogen-bond acceptors (Lipinski definition) is 6. The van der Waals surface area contributed by atoms with E-state index in [1.54, 1.807) is 49.8 Å². The number of rotatable bonds is 7. The Morgan fingerprint density at radius 2 is 1.69 bits per heavy atom. The molecule has 2 aliphatic rings. The Labute approximate surface area is 207 Å². The van der Waals surface area contributed by atoms with Crippen molar-refractivity contribution in [2.75, 3.05) is 27.3 Å². The van der Waals surface area contributed by atoms with Crippen LogP contribution in [0.3, 0.4) is 0 Å². The predicted molar refractivity (Wildman–Crippen MR) is 132 cm³/mol. The smallest absolute Gasteiger partial charge is 0.261 e. The van der Waals surface area contributed by atoms with Crippen LogP contribution in [-0.4, -0.2) is 54.8 Å². The first-order chi connectivity index (χ1) is 17.0. The molecule has 2 aromatic carbocycles. The largest absolute Gasteiger partial charge is 0.493 e. The van der Waals surface area contributed by atoms with E-state index in [-0.39, 0.29) is 36.7 Å². The minimum absolute atomic E-state index is 0.000411. The van der Waals surface area contributed by atoms with E-state index < -0.39 is 0 Å². The summed E-state index contributed by atoms with van der Waals surface area (Å²) in [7, 11) is 3.23. The number of methoxy groups -OCH3 is 2. The van der Waals surface area contributed by atoms with Gasteiger partial charge in [-0.25, -0.2) is 0 Å². The summed E-state index contributed by atoms with van der Waals surface area (Å²) < 4.78 is 11.0. The van der Waals surface area contributed by atoms with E-state index in [9.17, 15) is 14.4 Å². The molecule has 7 nitrogen and oxygen atoms in total. The molecule has 2 aliphatic heterocycles. The minimum Gasteiger partial charge on any atom is -0.493 e. The van der Waals surface area contributed by atoms with E-state index in [0.717, 1.165) is 16.0 Å². The van der Waals surface area contributed by atoms with Gasteiger partial charge in [-0.1, -0.05) is 18.2 Å². The SMILES string of the molecule is COc1cc2c(cc1OC)C(c1cccs1)N(C(=O)CCCN1C(=O)c3ccccc3C1=O)CC2. The Kier molecular flexibility index (Phi) is 6.30. The van der Waals surface area contributed by atoms with Crippen molar-refractivity contribution in [3.8, 4) is 11.5 Å². The van der Waals surface area contributed by atoms with Crippen molar-refractivity contribution in [1.29, 1.82) is 0 Å². The molecule has 1 aromatic heterocycles. The summed E-state index contributed by atoms with van der Waals surface area (Å²) in [4.78, 5) is 42.9. The molecule has 3 heterocycles. The third-order valence-corrected chi connectivity index (χ3v) is 7.58. The second-order valence-electron chi connectivity index (χ2n) is 8.57. The minimum atomic E-state index is -0.289. The van der Waals surface area contributed by atoms with Crippen LogP contribution in [0.2, 0.25) is 0 Å². The van der Waals surface area contributed by atoms with Gasteiger partial charge in [-0.15, -0.1) is 11.3 Å². The molecular weight excluding hydrogens is 464 g/mol. The lowest BCUT2D eigenvalue weighted by Gasteiger charge is -2.37. The average Bonchev–Trinajstić information content (AvgIpc) is 3.50. The number of benzene rings is 2. The third-order valence-electron chi connectivity index (χ3n) is 6.66. The molecule has 3 amide bonds. The molecule has 0 fully saturated rings. The van der Waals surface area contributed by atoms with Crippen LogP contribution < -0.4 is 9.47 Å². The summed E-state index contributed by atoms with van der Waals surface area (Å²) in [5.74, 6) is 0.731. The molecule has 0 radical (unpaired) electrons. The molecule has 0 bridgehead atoms. The second-order valence-corrected chi connectivity index (χ2v) is 9.55. The van der Waals surface area contributed by atoms with E-state index in [1.165, 1.54) is 4.90 Å². The summed E-state index contributed by atoms with van der Waals surface area (Å²) >= 11 is 1.61. The fraction of sp³-hybridized carbons (Fsp3) is 0.296. The molecule has 1 unspecified atom stereocenters. The zero-order valence-corrected chi connectivity index (χ0v) is 20.5. The van der Waals surface area contributed by atoms with Crippen molar-refractivity contribution in [3.05, 3.63) is 81.0 Å². The Bertz CT molecular complexity index is 1250. The summed E-state index contributed by atoms with van der Waals surface area (Å²) in [5.41, 5.74) is 3.03. The van der Waals surface area contributed by atoms with Gasteiger partial charge < -0.3 is 14.4 Å². The lowest BCUT2D eigenvalue weighted by Crippen LogP contribution is -2.40. The fourth-order valence-electron chi connectivity index (χ4n) is 4.94. The molecule has 1 atom stereocenters. The highest BCUT2D eigenvalue weighted by molar-refractivity contribution is 7.10. The van der Waals surface area contributed by atoms with Crippen molar-refractivity contribution in [1.82, 2.24) is 9.80 Å². The highest BCUT2D eigenvalue weighted by Gasteiger charge is 2.36. The molecule has 0 saturated carbocycles. The van der Waals surface area contributed by atoms with Crippen LogP contribution in [-0.2, 0) is 11.2 Å². The molecule has 180 valence electrons. The molecule has 5 rings (SSSR count). The van der Waals surface area contributed by atoms with Crippen molar-refractivity contribution in [2.24, 2.45) is 0 Å². The van der Waals surface area contributed by atoms with Crippen LogP contribution in [0.1, 0.15) is 55.6 Å². The number of carbonyl (C=O) groups is 3. The topological polar surface area (TPSA) is 76.2 Å². The number of ether oxygens (including phenoxy) is 2. The van der Waals surface area contributed by atoms with Crippen molar-refractivity contribution < 1.29 is 23.9 Å². The number of fused-ring (bicyclic) bond motifs is 2. The normalized spacial score (nSPS) is 16.8. The number of carbonyl (C=O) groups excluding carboxylic acids is 3. The maximum Gasteiger partial charge on any atom is 0.261 e.